The molecule has 2 aromatic carbocycles. The number of ether oxygens (including phenoxy) is 1. The van der Waals surface area contributed by atoms with Gasteiger partial charge in [0.15, 0.2) is 0 Å². The molecule has 8 nitrogen and oxygen atoms in total. The van der Waals surface area contributed by atoms with Crippen molar-refractivity contribution in [2.75, 3.05) is 28.6 Å². The van der Waals surface area contributed by atoms with Crippen LogP contribution in [0.4, 0.5) is 30.2 Å². The Bertz CT molecular complexity index is 1690. The standard InChI is InChI=1S/C30H25F3N4O4S/c31-30(32,33)41-22-9-7-21(8-10-22)34-28(39)19-6-11-25(23(14-19)35-29(40)26-4-2-12-42-26)36-15-18-13-20(17-36)24-3-1-5-27(38)37(24)16-18/h1-12,14,18,20H,13,15-17H2,(H,34,39)(H,35,40)/t18-,20+/m1/s1. The molecule has 2 aliphatic heterocycles. The molecule has 216 valence electrons. The molecule has 0 aliphatic carbocycles. The Balaban J connectivity index is 1.27. The molecule has 0 saturated carbocycles. The number of carbonyl (C=O) groups excluding carboxylic acids is 2. The predicted octanol–water partition coefficient (Wildman–Crippen LogP) is 5.94. The largest absolute Gasteiger partial charge is 0.573 e. The van der Waals surface area contributed by atoms with Crippen LogP contribution in [0.2, 0.25) is 0 Å². The maximum atomic E-state index is 13.1. The summed E-state index contributed by atoms with van der Waals surface area (Å²) in [5, 5.41) is 7.44. The number of alkyl halides is 3. The molecule has 2 atom stereocenters. The molecule has 2 N–H and O–H groups in total. The van der Waals surface area contributed by atoms with Gasteiger partial charge in [-0.1, -0.05) is 12.1 Å². The first-order valence-corrected chi connectivity index (χ1v) is 14.1. The van der Waals surface area contributed by atoms with Gasteiger partial charge in [0.05, 0.1) is 16.3 Å². The molecule has 42 heavy (non-hydrogen) atoms. The minimum Gasteiger partial charge on any atom is -0.406 e. The molecule has 2 bridgehead atoms. The average Bonchev–Trinajstić information content (AvgIpc) is 3.49. The van der Waals surface area contributed by atoms with Crippen LogP contribution < -0.4 is 25.8 Å². The van der Waals surface area contributed by atoms with Gasteiger partial charge in [-0.15, -0.1) is 24.5 Å². The minimum atomic E-state index is -4.81. The van der Waals surface area contributed by atoms with Gasteiger partial charge >= 0.3 is 6.36 Å². The molecular formula is C30H25F3N4O4S. The fraction of sp³-hybridized carbons (Fsp3) is 0.233. The highest BCUT2D eigenvalue weighted by Crippen LogP contribution is 2.39. The van der Waals surface area contributed by atoms with Crippen LogP contribution in [0.1, 0.15) is 38.1 Å². The van der Waals surface area contributed by atoms with E-state index in [0.29, 0.717) is 30.2 Å². The second-order valence-corrected chi connectivity index (χ2v) is 11.2. The Morgan fingerprint density at radius 1 is 0.905 bits per heavy atom. The molecular weight excluding hydrogens is 569 g/mol. The number of carbonyl (C=O) groups is 2. The van der Waals surface area contributed by atoms with Crippen molar-refractivity contribution in [3.63, 3.8) is 0 Å². The number of hydrogen-bond acceptors (Lipinski definition) is 6. The van der Waals surface area contributed by atoms with E-state index in [1.807, 2.05) is 10.6 Å². The topological polar surface area (TPSA) is 92.7 Å². The van der Waals surface area contributed by atoms with Gasteiger partial charge < -0.3 is 24.8 Å². The van der Waals surface area contributed by atoms with Crippen LogP contribution in [0.5, 0.6) is 5.75 Å². The summed E-state index contributed by atoms with van der Waals surface area (Å²) in [5.41, 5.74) is 2.74. The molecule has 2 amide bonds. The van der Waals surface area contributed by atoms with Crippen LogP contribution in [0.15, 0.2) is 83.0 Å². The summed E-state index contributed by atoms with van der Waals surface area (Å²) >= 11 is 1.30. The summed E-state index contributed by atoms with van der Waals surface area (Å²) < 4.78 is 43.1. The number of pyridine rings is 1. The number of rotatable bonds is 6. The number of nitrogens with zero attached hydrogens (tertiary/aromatic N) is 2. The fourth-order valence-electron chi connectivity index (χ4n) is 5.68. The number of amides is 2. The van der Waals surface area contributed by atoms with E-state index in [1.54, 1.807) is 47.8 Å². The third-order valence-electron chi connectivity index (χ3n) is 7.42. The van der Waals surface area contributed by atoms with Crippen molar-refractivity contribution in [3.8, 4) is 5.75 Å². The van der Waals surface area contributed by atoms with Crippen molar-refractivity contribution in [1.82, 2.24) is 4.57 Å². The van der Waals surface area contributed by atoms with Crippen LogP contribution in [-0.4, -0.2) is 35.8 Å². The number of halogens is 3. The molecule has 12 heteroatoms. The second kappa shape index (κ2) is 11.0. The van der Waals surface area contributed by atoms with E-state index in [-0.39, 0.29) is 34.6 Å². The van der Waals surface area contributed by atoms with E-state index < -0.39 is 18.0 Å². The maximum absolute atomic E-state index is 13.1. The predicted molar refractivity (Wildman–Crippen MR) is 154 cm³/mol. The number of hydrogen-bond donors (Lipinski definition) is 2. The second-order valence-electron chi connectivity index (χ2n) is 10.3. The molecule has 2 aromatic heterocycles. The highest BCUT2D eigenvalue weighted by molar-refractivity contribution is 7.12. The van der Waals surface area contributed by atoms with Crippen molar-refractivity contribution in [2.24, 2.45) is 5.92 Å². The summed E-state index contributed by atoms with van der Waals surface area (Å²) in [4.78, 5) is 41.3. The van der Waals surface area contributed by atoms with Crippen molar-refractivity contribution >= 4 is 40.2 Å². The summed E-state index contributed by atoms with van der Waals surface area (Å²) in [7, 11) is 0. The van der Waals surface area contributed by atoms with Crippen LogP contribution in [0, 0.1) is 5.92 Å². The molecule has 0 spiro atoms. The lowest BCUT2D eigenvalue weighted by Crippen LogP contribution is -2.47. The van der Waals surface area contributed by atoms with Crippen LogP contribution >= 0.6 is 11.3 Å². The third-order valence-corrected chi connectivity index (χ3v) is 8.29. The third kappa shape index (κ3) is 5.89. The maximum Gasteiger partial charge on any atom is 0.573 e. The van der Waals surface area contributed by atoms with Crippen molar-refractivity contribution in [3.05, 3.63) is 105 Å². The Morgan fingerprint density at radius 3 is 2.45 bits per heavy atom. The van der Waals surface area contributed by atoms with E-state index in [9.17, 15) is 27.6 Å². The van der Waals surface area contributed by atoms with E-state index in [0.717, 1.165) is 29.9 Å². The molecule has 6 rings (SSSR count). The van der Waals surface area contributed by atoms with Gasteiger partial charge in [-0.2, -0.15) is 0 Å². The summed E-state index contributed by atoms with van der Waals surface area (Å²) in [6, 6.07) is 18.7. The van der Waals surface area contributed by atoms with Crippen LogP contribution in [-0.2, 0) is 6.54 Å². The SMILES string of the molecule is O=C(Nc1ccc(OC(F)(F)F)cc1)c1ccc(N2C[C@H]3C[C@@H](C2)c2cccc(=O)n2C3)c(NC(=O)c2cccs2)c1. The number of piperidine rings is 1. The lowest BCUT2D eigenvalue weighted by molar-refractivity contribution is -0.274. The summed E-state index contributed by atoms with van der Waals surface area (Å²) in [6.07, 6.45) is -3.85. The molecule has 4 heterocycles. The number of anilines is 3. The van der Waals surface area contributed by atoms with Crippen molar-refractivity contribution in [1.29, 1.82) is 0 Å². The van der Waals surface area contributed by atoms with Crippen LogP contribution in [0.25, 0.3) is 0 Å². The van der Waals surface area contributed by atoms with Gasteiger partial charge in [-0.3, -0.25) is 14.4 Å². The van der Waals surface area contributed by atoms with E-state index in [4.69, 9.17) is 0 Å². The summed E-state index contributed by atoms with van der Waals surface area (Å²) in [6.45, 7) is 1.93. The Kier molecular flexibility index (Phi) is 7.23. The normalized spacial score (nSPS) is 17.7. The number of thiophene rings is 1. The van der Waals surface area contributed by atoms with Gasteiger partial charge in [0.1, 0.15) is 5.75 Å². The lowest BCUT2D eigenvalue weighted by atomic mass is 9.83. The van der Waals surface area contributed by atoms with Gasteiger partial charge in [-0.25, -0.2) is 0 Å². The van der Waals surface area contributed by atoms with Crippen molar-refractivity contribution < 1.29 is 27.5 Å². The molecule has 0 radical (unpaired) electrons. The zero-order valence-electron chi connectivity index (χ0n) is 22.1. The van der Waals surface area contributed by atoms with Gasteiger partial charge in [0.25, 0.3) is 17.4 Å². The Hall–Kier alpha value is -4.58. The summed E-state index contributed by atoms with van der Waals surface area (Å²) in [5.74, 6) is -0.828. The first kappa shape index (κ1) is 27.6. The quantitative estimate of drug-likeness (QED) is 0.289. The molecule has 2 aliphatic rings. The minimum absolute atomic E-state index is 0.00238. The molecule has 1 saturated heterocycles. The van der Waals surface area contributed by atoms with Gasteiger partial charge in [0, 0.05) is 48.6 Å². The average molecular weight is 595 g/mol. The number of fused-ring (bicyclic) bond motifs is 4. The molecule has 0 unspecified atom stereocenters. The van der Waals surface area contributed by atoms with Crippen molar-refractivity contribution in [2.45, 2.75) is 25.2 Å². The highest BCUT2D eigenvalue weighted by atomic mass is 32.1. The monoisotopic (exact) mass is 594 g/mol. The van der Waals surface area contributed by atoms with E-state index in [1.165, 1.54) is 23.5 Å². The Morgan fingerprint density at radius 2 is 1.71 bits per heavy atom. The molecule has 1 fully saturated rings. The van der Waals surface area contributed by atoms with Gasteiger partial charge in [0.2, 0.25) is 0 Å². The smallest absolute Gasteiger partial charge is 0.406 e. The zero-order chi connectivity index (χ0) is 29.4. The first-order valence-electron chi connectivity index (χ1n) is 13.2. The number of benzene rings is 2. The Labute approximate surface area is 242 Å². The number of nitrogens with one attached hydrogen (secondary N) is 2. The first-order chi connectivity index (χ1) is 20.1. The molecule has 4 aromatic rings. The highest BCUT2D eigenvalue weighted by Gasteiger charge is 2.35. The van der Waals surface area contributed by atoms with Gasteiger partial charge in [-0.05, 0) is 72.3 Å². The lowest BCUT2D eigenvalue weighted by Gasteiger charge is -2.44. The fourth-order valence-corrected chi connectivity index (χ4v) is 6.30. The van der Waals surface area contributed by atoms with Crippen LogP contribution in [0.3, 0.4) is 0 Å². The van der Waals surface area contributed by atoms with E-state index in [2.05, 4.69) is 20.3 Å². The zero-order valence-corrected chi connectivity index (χ0v) is 22.9. The number of aromatic nitrogens is 1. The van der Waals surface area contributed by atoms with E-state index >= 15 is 0 Å².